The molecule has 2 rings (SSSR count). The van der Waals surface area contributed by atoms with E-state index in [9.17, 15) is 4.79 Å². The predicted octanol–water partition coefficient (Wildman–Crippen LogP) is -0.110. The molecule has 1 aliphatic rings. The van der Waals surface area contributed by atoms with Crippen molar-refractivity contribution in [3.63, 3.8) is 0 Å². The second-order valence-electron chi connectivity index (χ2n) is 3.61. The van der Waals surface area contributed by atoms with Crippen LogP contribution in [0.5, 0.6) is 0 Å². The molecule has 0 aliphatic carbocycles. The predicted molar refractivity (Wildman–Crippen MR) is 56.5 cm³/mol. The lowest BCUT2D eigenvalue weighted by Gasteiger charge is -2.23. The first-order chi connectivity index (χ1) is 7.86. The summed E-state index contributed by atoms with van der Waals surface area (Å²) in [6.45, 7) is 1.48. The highest BCUT2D eigenvalue weighted by atomic mass is 16.5. The summed E-state index contributed by atoms with van der Waals surface area (Å²) < 4.78 is 5.22. The lowest BCUT2D eigenvalue weighted by atomic mass is 10.1. The summed E-state index contributed by atoms with van der Waals surface area (Å²) in [7, 11) is 0. The molecular formula is C10H14N4O2. The molecule has 0 bridgehead atoms. The maximum Gasteiger partial charge on any atom is 0.268 e. The Morgan fingerprint density at radius 1 is 1.31 bits per heavy atom. The van der Waals surface area contributed by atoms with E-state index in [1.807, 2.05) is 0 Å². The van der Waals surface area contributed by atoms with E-state index in [0.29, 0.717) is 5.56 Å². The third-order valence-corrected chi connectivity index (χ3v) is 2.43. The summed E-state index contributed by atoms with van der Waals surface area (Å²) in [5.74, 6) is -0.216. The second-order valence-corrected chi connectivity index (χ2v) is 3.61. The third kappa shape index (κ3) is 2.98. The molecule has 0 unspecified atom stereocenters. The summed E-state index contributed by atoms with van der Waals surface area (Å²) in [6.07, 6.45) is 6.17. The van der Waals surface area contributed by atoms with Gasteiger partial charge in [-0.2, -0.15) is 0 Å². The van der Waals surface area contributed by atoms with Crippen LogP contribution in [0.25, 0.3) is 0 Å². The molecule has 16 heavy (non-hydrogen) atoms. The number of nitrogens with zero attached hydrogens (tertiary/aromatic N) is 2. The molecule has 1 amide bonds. The van der Waals surface area contributed by atoms with Crippen LogP contribution in [0.3, 0.4) is 0 Å². The molecule has 1 saturated heterocycles. The van der Waals surface area contributed by atoms with Crippen molar-refractivity contribution in [3.05, 3.63) is 24.3 Å². The Bertz CT molecular complexity index is 338. The van der Waals surface area contributed by atoms with E-state index in [0.717, 1.165) is 26.1 Å². The molecule has 1 aromatic rings. The maximum absolute atomic E-state index is 11.6. The van der Waals surface area contributed by atoms with Gasteiger partial charge in [0.2, 0.25) is 0 Å². The van der Waals surface area contributed by atoms with Crippen molar-refractivity contribution in [3.8, 4) is 0 Å². The van der Waals surface area contributed by atoms with Gasteiger partial charge in [-0.25, -0.2) is 15.4 Å². The fraction of sp³-hybridized carbons (Fsp3) is 0.500. The first kappa shape index (κ1) is 11.0. The molecule has 1 aromatic heterocycles. The molecule has 0 saturated carbocycles. The summed E-state index contributed by atoms with van der Waals surface area (Å²) in [5, 5.41) is 0. The van der Waals surface area contributed by atoms with E-state index >= 15 is 0 Å². The van der Waals surface area contributed by atoms with Gasteiger partial charge in [0, 0.05) is 31.6 Å². The normalized spacial score (nSPS) is 17.0. The molecule has 0 radical (unpaired) electrons. The van der Waals surface area contributed by atoms with Crippen molar-refractivity contribution in [2.75, 3.05) is 13.2 Å². The van der Waals surface area contributed by atoms with Crippen LogP contribution in [0.2, 0.25) is 0 Å². The van der Waals surface area contributed by atoms with Gasteiger partial charge in [-0.3, -0.25) is 10.2 Å². The summed E-state index contributed by atoms with van der Waals surface area (Å²) >= 11 is 0. The summed E-state index contributed by atoms with van der Waals surface area (Å²) in [6, 6.07) is 0.280. The van der Waals surface area contributed by atoms with E-state index < -0.39 is 0 Å². The van der Waals surface area contributed by atoms with Crippen LogP contribution in [0.1, 0.15) is 23.2 Å². The van der Waals surface area contributed by atoms with E-state index in [2.05, 4.69) is 20.8 Å². The average Bonchev–Trinajstić information content (AvgIpc) is 2.38. The van der Waals surface area contributed by atoms with Crippen molar-refractivity contribution in [1.82, 2.24) is 20.8 Å². The minimum absolute atomic E-state index is 0.216. The fourth-order valence-corrected chi connectivity index (χ4v) is 1.50. The maximum atomic E-state index is 11.6. The van der Waals surface area contributed by atoms with Crippen LogP contribution in [0.15, 0.2) is 18.7 Å². The SMILES string of the molecule is O=C(NNC1CCOCC1)c1cncnc1. The molecule has 1 aliphatic heterocycles. The number of hydrazine groups is 1. The molecule has 0 atom stereocenters. The Kier molecular flexibility index (Phi) is 3.79. The van der Waals surface area contributed by atoms with Gasteiger partial charge in [-0.15, -0.1) is 0 Å². The Labute approximate surface area is 93.4 Å². The quantitative estimate of drug-likeness (QED) is 0.698. The molecule has 2 heterocycles. The van der Waals surface area contributed by atoms with Crippen molar-refractivity contribution >= 4 is 5.91 Å². The highest BCUT2D eigenvalue weighted by Gasteiger charge is 2.14. The first-order valence-corrected chi connectivity index (χ1v) is 5.25. The second kappa shape index (κ2) is 5.53. The minimum Gasteiger partial charge on any atom is -0.381 e. The van der Waals surface area contributed by atoms with Gasteiger partial charge in [-0.1, -0.05) is 0 Å². The Morgan fingerprint density at radius 2 is 2.00 bits per heavy atom. The molecule has 0 spiro atoms. The Morgan fingerprint density at radius 3 is 2.69 bits per heavy atom. The molecule has 2 N–H and O–H groups in total. The van der Waals surface area contributed by atoms with E-state index in [1.165, 1.54) is 18.7 Å². The monoisotopic (exact) mass is 222 g/mol. The van der Waals surface area contributed by atoms with Crippen LogP contribution in [0.4, 0.5) is 0 Å². The van der Waals surface area contributed by atoms with Crippen molar-refractivity contribution in [2.45, 2.75) is 18.9 Å². The van der Waals surface area contributed by atoms with Gasteiger partial charge in [0.15, 0.2) is 0 Å². The van der Waals surface area contributed by atoms with Gasteiger partial charge >= 0.3 is 0 Å². The van der Waals surface area contributed by atoms with Gasteiger partial charge in [0.1, 0.15) is 6.33 Å². The summed E-state index contributed by atoms with van der Waals surface area (Å²) in [4.78, 5) is 19.2. The summed E-state index contributed by atoms with van der Waals surface area (Å²) in [5.41, 5.74) is 6.08. The van der Waals surface area contributed by atoms with Crippen LogP contribution >= 0.6 is 0 Å². The molecule has 1 fully saturated rings. The van der Waals surface area contributed by atoms with Crippen molar-refractivity contribution < 1.29 is 9.53 Å². The lowest BCUT2D eigenvalue weighted by molar-refractivity contribution is 0.0694. The standard InChI is InChI=1S/C10H14N4O2/c15-10(8-5-11-7-12-6-8)14-13-9-1-3-16-4-2-9/h5-7,9,13H,1-4H2,(H,14,15). The van der Waals surface area contributed by atoms with Gasteiger partial charge in [-0.05, 0) is 12.8 Å². The third-order valence-electron chi connectivity index (χ3n) is 2.43. The zero-order valence-corrected chi connectivity index (χ0v) is 8.85. The van der Waals surface area contributed by atoms with Crippen LogP contribution in [-0.2, 0) is 4.74 Å². The zero-order valence-electron chi connectivity index (χ0n) is 8.85. The van der Waals surface area contributed by atoms with E-state index in [1.54, 1.807) is 0 Å². The van der Waals surface area contributed by atoms with E-state index in [-0.39, 0.29) is 11.9 Å². The minimum atomic E-state index is -0.216. The topological polar surface area (TPSA) is 76.1 Å². The fourth-order valence-electron chi connectivity index (χ4n) is 1.50. The number of carbonyl (C=O) groups is 1. The zero-order chi connectivity index (χ0) is 11.2. The van der Waals surface area contributed by atoms with Crippen molar-refractivity contribution in [1.29, 1.82) is 0 Å². The number of aromatic nitrogens is 2. The first-order valence-electron chi connectivity index (χ1n) is 5.25. The average molecular weight is 222 g/mol. The number of amides is 1. The van der Waals surface area contributed by atoms with Crippen LogP contribution in [-0.4, -0.2) is 35.1 Å². The highest BCUT2D eigenvalue weighted by molar-refractivity contribution is 5.93. The number of hydrogen-bond donors (Lipinski definition) is 2. The van der Waals surface area contributed by atoms with Gasteiger partial charge in [0.25, 0.3) is 5.91 Å². The van der Waals surface area contributed by atoms with Crippen LogP contribution in [0, 0.1) is 0 Å². The number of nitrogens with one attached hydrogen (secondary N) is 2. The molecule has 6 heteroatoms. The largest absolute Gasteiger partial charge is 0.381 e. The van der Waals surface area contributed by atoms with Crippen molar-refractivity contribution in [2.24, 2.45) is 0 Å². The lowest BCUT2D eigenvalue weighted by Crippen LogP contribution is -2.46. The smallest absolute Gasteiger partial charge is 0.268 e. The number of ether oxygens (including phenoxy) is 1. The number of rotatable bonds is 3. The molecule has 0 aromatic carbocycles. The van der Waals surface area contributed by atoms with Gasteiger partial charge in [0.05, 0.1) is 5.56 Å². The van der Waals surface area contributed by atoms with E-state index in [4.69, 9.17) is 4.74 Å². The van der Waals surface area contributed by atoms with Gasteiger partial charge < -0.3 is 4.74 Å². The Hall–Kier alpha value is -1.53. The molecular weight excluding hydrogens is 208 g/mol. The highest BCUT2D eigenvalue weighted by Crippen LogP contribution is 2.04. The van der Waals surface area contributed by atoms with Crippen LogP contribution < -0.4 is 10.9 Å². The Balaban J connectivity index is 1.79. The number of carbonyl (C=O) groups excluding carboxylic acids is 1. The number of hydrogen-bond acceptors (Lipinski definition) is 5. The molecule has 86 valence electrons. The molecule has 6 nitrogen and oxygen atoms in total.